The second-order valence-electron chi connectivity index (χ2n) is 5.25. The summed E-state index contributed by atoms with van der Waals surface area (Å²) in [6, 6.07) is 2.89. The van der Waals surface area contributed by atoms with Gasteiger partial charge in [-0.3, -0.25) is 4.79 Å². The number of rotatable bonds is 3. The van der Waals surface area contributed by atoms with E-state index in [2.05, 4.69) is 15.0 Å². The van der Waals surface area contributed by atoms with Crippen LogP contribution in [0.15, 0.2) is 23.1 Å². The average molecular weight is 339 g/mol. The first kappa shape index (κ1) is 15.9. The molecule has 3 rings (SSSR count). The summed E-state index contributed by atoms with van der Waals surface area (Å²) in [7, 11) is 0. The Balaban J connectivity index is 2.08. The first-order valence-corrected chi connectivity index (χ1v) is 7.74. The summed E-state index contributed by atoms with van der Waals surface area (Å²) in [5, 5.41) is 0.0311. The first-order chi connectivity index (χ1) is 11.1. The maximum absolute atomic E-state index is 13.3. The van der Waals surface area contributed by atoms with E-state index >= 15 is 0 Å². The van der Waals surface area contributed by atoms with Gasteiger partial charge in [0.2, 0.25) is 5.95 Å². The fourth-order valence-corrected chi connectivity index (χ4v) is 2.79. The minimum Gasteiger partial charge on any atom is -0.377 e. The van der Waals surface area contributed by atoms with Gasteiger partial charge in [-0.15, -0.1) is 0 Å². The fraction of sp³-hybridized carbons (Fsp3) is 0.400. The molecule has 0 saturated carbocycles. The molecule has 0 aliphatic carbocycles. The molecule has 0 bridgehead atoms. The van der Waals surface area contributed by atoms with Gasteiger partial charge in [-0.2, -0.15) is 4.39 Å². The van der Waals surface area contributed by atoms with Crippen LogP contribution >= 0.6 is 11.6 Å². The Morgan fingerprint density at radius 2 is 2.39 bits per heavy atom. The molecule has 2 aromatic heterocycles. The van der Waals surface area contributed by atoms with Gasteiger partial charge < -0.3 is 14.6 Å². The number of anilines is 1. The number of hydrogen-bond donors (Lipinski definition) is 1. The van der Waals surface area contributed by atoms with E-state index in [4.69, 9.17) is 16.3 Å². The molecule has 1 fully saturated rings. The van der Waals surface area contributed by atoms with Gasteiger partial charge in [0.15, 0.2) is 5.82 Å². The van der Waals surface area contributed by atoms with Gasteiger partial charge >= 0.3 is 0 Å². The van der Waals surface area contributed by atoms with Crippen LogP contribution in [0.2, 0.25) is 5.02 Å². The number of aromatic nitrogens is 3. The molecule has 0 aromatic carbocycles. The number of pyridine rings is 1. The van der Waals surface area contributed by atoms with Crippen LogP contribution in [-0.2, 0) is 4.74 Å². The number of hydrogen-bond acceptors (Lipinski definition) is 5. The van der Waals surface area contributed by atoms with E-state index in [1.165, 1.54) is 12.3 Å². The Labute approximate surface area is 137 Å². The van der Waals surface area contributed by atoms with Crippen LogP contribution in [0.3, 0.4) is 0 Å². The summed E-state index contributed by atoms with van der Waals surface area (Å²) in [5.74, 6) is 0.0225. The molecule has 1 aliphatic rings. The summed E-state index contributed by atoms with van der Waals surface area (Å²) in [4.78, 5) is 24.7. The van der Waals surface area contributed by atoms with Crippen LogP contribution in [0, 0.1) is 5.95 Å². The molecule has 3 heterocycles. The fourth-order valence-electron chi connectivity index (χ4n) is 2.60. The lowest BCUT2D eigenvalue weighted by Crippen LogP contribution is -2.46. The van der Waals surface area contributed by atoms with Gasteiger partial charge in [-0.05, 0) is 12.5 Å². The van der Waals surface area contributed by atoms with E-state index < -0.39 is 11.5 Å². The molecule has 0 radical (unpaired) electrons. The van der Waals surface area contributed by atoms with Crippen molar-refractivity contribution in [3.63, 3.8) is 0 Å². The Kier molecular flexibility index (Phi) is 4.58. The zero-order valence-electron chi connectivity index (χ0n) is 12.6. The van der Waals surface area contributed by atoms with Crippen molar-refractivity contribution in [2.45, 2.75) is 19.4 Å². The van der Waals surface area contributed by atoms with E-state index in [-0.39, 0.29) is 16.9 Å². The van der Waals surface area contributed by atoms with Crippen molar-refractivity contribution in [2.24, 2.45) is 0 Å². The highest BCUT2D eigenvalue weighted by molar-refractivity contribution is 6.32. The summed E-state index contributed by atoms with van der Waals surface area (Å²) in [6.07, 6.45) is 2.16. The van der Waals surface area contributed by atoms with E-state index in [9.17, 15) is 9.18 Å². The van der Waals surface area contributed by atoms with Gasteiger partial charge in [0.25, 0.3) is 5.56 Å². The molecule has 1 saturated heterocycles. The maximum Gasteiger partial charge on any atom is 0.272 e. The van der Waals surface area contributed by atoms with Gasteiger partial charge in [0, 0.05) is 24.4 Å². The molecular formula is C15H16ClFN4O2. The lowest BCUT2D eigenvalue weighted by Gasteiger charge is -2.36. The Morgan fingerprint density at radius 3 is 3.13 bits per heavy atom. The van der Waals surface area contributed by atoms with Crippen molar-refractivity contribution in [1.29, 1.82) is 0 Å². The topological polar surface area (TPSA) is 71.1 Å². The summed E-state index contributed by atoms with van der Waals surface area (Å²) >= 11 is 6.16. The predicted molar refractivity (Wildman–Crippen MR) is 85.3 cm³/mol. The Morgan fingerprint density at radius 1 is 1.57 bits per heavy atom. The van der Waals surface area contributed by atoms with Crippen molar-refractivity contribution in [2.75, 3.05) is 24.7 Å². The third-order valence-corrected chi connectivity index (χ3v) is 4.16. The number of nitrogens with zero attached hydrogens (tertiary/aromatic N) is 3. The van der Waals surface area contributed by atoms with Crippen LogP contribution in [0.5, 0.6) is 0 Å². The third-order valence-electron chi connectivity index (χ3n) is 3.82. The second kappa shape index (κ2) is 6.64. The minimum absolute atomic E-state index is 0.0311. The molecule has 6 nitrogen and oxygen atoms in total. The van der Waals surface area contributed by atoms with Crippen LogP contribution in [0.25, 0.3) is 11.4 Å². The molecular weight excluding hydrogens is 323 g/mol. The normalized spacial score (nSPS) is 18.2. The van der Waals surface area contributed by atoms with Crippen molar-refractivity contribution < 1.29 is 9.13 Å². The van der Waals surface area contributed by atoms with Gasteiger partial charge in [-0.1, -0.05) is 18.5 Å². The van der Waals surface area contributed by atoms with Crippen LogP contribution in [0.4, 0.5) is 10.2 Å². The SMILES string of the molecule is CC[C@H]1COCCN1c1nc(-c2ccnc(F)c2)[nH]c(=O)c1Cl. The van der Waals surface area contributed by atoms with Crippen LogP contribution < -0.4 is 10.5 Å². The second-order valence-corrected chi connectivity index (χ2v) is 5.63. The first-order valence-electron chi connectivity index (χ1n) is 7.36. The van der Waals surface area contributed by atoms with Crippen molar-refractivity contribution in [3.8, 4) is 11.4 Å². The standard InChI is InChI=1S/C15H16ClFN4O2/c1-2-10-8-23-6-5-21(10)14-12(16)15(22)20-13(19-14)9-3-4-18-11(17)7-9/h3-4,7,10H,2,5-6,8H2,1H3,(H,19,20,22)/t10-/m0/s1. The molecule has 1 N–H and O–H groups in total. The van der Waals surface area contributed by atoms with E-state index in [0.717, 1.165) is 6.42 Å². The quantitative estimate of drug-likeness (QED) is 0.869. The lowest BCUT2D eigenvalue weighted by molar-refractivity contribution is 0.0925. The highest BCUT2D eigenvalue weighted by Crippen LogP contribution is 2.27. The minimum atomic E-state index is -0.639. The molecule has 0 amide bonds. The third kappa shape index (κ3) is 3.20. The summed E-state index contributed by atoms with van der Waals surface area (Å²) < 4.78 is 18.8. The predicted octanol–water partition coefficient (Wildman–Crippen LogP) is 2.24. The molecule has 2 aromatic rings. The molecule has 0 unspecified atom stereocenters. The molecule has 1 aliphatic heterocycles. The van der Waals surface area contributed by atoms with Gasteiger partial charge in [0.05, 0.1) is 19.3 Å². The zero-order chi connectivity index (χ0) is 16.4. The largest absolute Gasteiger partial charge is 0.377 e. The highest BCUT2D eigenvalue weighted by atomic mass is 35.5. The van der Waals surface area contributed by atoms with E-state index in [1.807, 2.05) is 11.8 Å². The lowest BCUT2D eigenvalue weighted by atomic mass is 10.1. The number of aromatic amines is 1. The van der Waals surface area contributed by atoms with Gasteiger partial charge in [0.1, 0.15) is 10.8 Å². The zero-order valence-corrected chi connectivity index (χ0v) is 13.3. The highest BCUT2D eigenvalue weighted by Gasteiger charge is 2.26. The number of halogens is 2. The van der Waals surface area contributed by atoms with Crippen molar-refractivity contribution in [3.05, 3.63) is 39.7 Å². The number of morpholine rings is 1. The molecule has 1 atom stereocenters. The Bertz CT molecular complexity index is 767. The van der Waals surface area contributed by atoms with Crippen molar-refractivity contribution >= 4 is 17.4 Å². The molecule has 122 valence electrons. The monoisotopic (exact) mass is 338 g/mol. The van der Waals surface area contributed by atoms with Crippen molar-refractivity contribution in [1.82, 2.24) is 15.0 Å². The number of nitrogens with one attached hydrogen (secondary N) is 1. The summed E-state index contributed by atoms with van der Waals surface area (Å²) in [6.45, 7) is 3.73. The van der Waals surface area contributed by atoms with Crippen LogP contribution in [-0.4, -0.2) is 40.8 Å². The number of ether oxygens (including phenoxy) is 1. The number of H-pyrrole nitrogens is 1. The van der Waals surface area contributed by atoms with E-state index in [0.29, 0.717) is 31.1 Å². The summed E-state index contributed by atoms with van der Waals surface area (Å²) in [5.41, 5.74) is -0.0148. The maximum atomic E-state index is 13.3. The van der Waals surface area contributed by atoms with Gasteiger partial charge in [-0.25, -0.2) is 9.97 Å². The molecule has 23 heavy (non-hydrogen) atoms. The Hall–Kier alpha value is -1.99. The van der Waals surface area contributed by atoms with E-state index in [1.54, 1.807) is 6.07 Å². The van der Waals surface area contributed by atoms with Crippen LogP contribution in [0.1, 0.15) is 13.3 Å². The molecule has 8 heteroatoms. The molecule has 0 spiro atoms. The average Bonchev–Trinajstić information content (AvgIpc) is 2.57. The smallest absolute Gasteiger partial charge is 0.272 e.